The Kier molecular flexibility index (Phi) is 6.71. The topological polar surface area (TPSA) is 124 Å². The van der Waals surface area contributed by atoms with E-state index in [4.69, 9.17) is 5.11 Å². The summed E-state index contributed by atoms with van der Waals surface area (Å²) >= 11 is 0. The molecule has 1 aromatic rings. The minimum atomic E-state index is -1.26. The van der Waals surface area contributed by atoms with Crippen molar-refractivity contribution in [3.05, 3.63) is 35.4 Å². The van der Waals surface area contributed by atoms with Crippen molar-refractivity contribution in [2.45, 2.75) is 38.8 Å². The van der Waals surface area contributed by atoms with Crippen molar-refractivity contribution in [3.63, 3.8) is 0 Å². The SMILES string of the molecule is CC(C)C[C@H](O)C(=O)N[C@H](Cc1ccc(C(=O)O)cc1)C(=O)O. The minimum absolute atomic E-state index is 0.00459. The number of carboxylic acids is 2. The van der Waals surface area contributed by atoms with Gasteiger partial charge in [0.1, 0.15) is 12.1 Å². The lowest BCUT2D eigenvalue weighted by atomic mass is 10.0. The molecule has 0 saturated heterocycles. The maximum atomic E-state index is 11.8. The number of hydrogen-bond acceptors (Lipinski definition) is 4. The summed E-state index contributed by atoms with van der Waals surface area (Å²) in [7, 11) is 0. The molecule has 0 unspecified atom stereocenters. The first-order valence-electron chi connectivity index (χ1n) is 7.24. The monoisotopic (exact) mass is 323 g/mol. The summed E-state index contributed by atoms with van der Waals surface area (Å²) in [5.74, 6) is -2.93. The molecule has 1 rings (SSSR count). The molecule has 0 radical (unpaired) electrons. The lowest BCUT2D eigenvalue weighted by Gasteiger charge is -2.18. The van der Waals surface area contributed by atoms with Gasteiger partial charge in [0.05, 0.1) is 5.56 Å². The van der Waals surface area contributed by atoms with E-state index in [9.17, 15) is 24.6 Å². The smallest absolute Gasteiger partial charge is 0.335 e. The zero-order valence-corrected chi connectivity index (χ0v) is 13.0. The van der Waals surface area contributed by atoms with E-state index in [0.29, 0.717) is 5.56 Å². The molecule has 0 aromatic heterocycles. The Bertz CT molecular complexity index is 566. The Morgan fingerprint density at radius 1 is 1.09 bits per heavy atom. The highest BCUT2D eigenvalue weighted by molar-refractivity contribution is 5.88. The van der Waals surface area contributed by atoms with E-state index >= 15 is 0 Å². The van der Waals surface area contributed by atoms with Crippen molar-refractivity contribution in [1.29, 1.82) is 0 Å². The maximum absolute atomic E-state index is 11.8. The number of carbonyl (C=O) groups is 3. The Hall–Kier alpha value is -2.41. The number of carbonyl (C=O) groups excluding carboxylic acids is 1. The lowest BCUT2D eigenvalue weighted by Crippen LogP contribution is -2.46. The predicted octanol–water partition coefficient (Wildman–Crippen LogP) is 0.904. The van der Waals surface area contributed by atoms with E-state index in [1.807, 2.05) is 13.8 Å². The van der Waals surface area contributed by atoms with Crippen LogP contribution >= 0.6 is 0 Å². The van der Waals surface area contributed by atoms with Crippen LogP contribution in [0.3, 0.4) is 0 Å². The van der Waals surface area contributed by atoms with E-state index in [2.05, 4.69) is 5.32 Å². The van der Waals surface area contributed by atoms with Crippen LogP contribution in [0, 0.1) is 5.92 Å². The first-order chi connectivity index (χ1) is 10.7. The number of aliphatic carboxylic acids is 1. The summed E-state index contributed by atoms with van der Waals surface area (Å²) in [5.41, 5.74) is 0.665. The molecule has 0 saturated carbocycles. The number of rotatable bonds is 8. The summed E-state index contributed by atoms with van der Waals surface area (Å²) < 4.78 is 0. The van der Waals surface area contributed by atoms with Crippen LogP contribution in [0.5, 0.6) is 0 Å². The summed E-state index contributed by atoms with van der Waals surface area (Å²) in [6.45, 7) is 3.68. The summed E-state index contributed by atoms with van der Waals surface area (Å²) in [4.78, 5) is 33.9. The van der Waals surface area contributed by atoms with Gasteiger partial charge in [-0.15, -0.1) is 0 Å². The van der Waals surface area contributed by atoms with Crippen LogP contribution in [-0.2, 0) is 16.0 Å². The Balaban J connectivity index is 2.73. The lowest BCUT2D eigenvalue weighted by molar-refractivity contribution is -0.143. The standard InChI is InChI=1S/C16H21NO6/c1-9(2)7-13(18)14(19)17-12(16(22)23)8-10-3-5-11(6-4-10)15(20)21/h3-6,9,12-13,18H,7-8H2,1-2H3,(H,17,19)(H,20,21)(H,22,23)/t12-,13+/m1/s1. The number of amides is 1. The minimum Gasteiger partial charge on any atom is -0.480 e. The third kappa shape index (κ3) is 6.07. The summed E-state index contributed by atoms with van der Waals surface area (Å²) in [6, 6.07) is 4.53. The maximum Gasteiger partial charge on any atom is 0.335 e. The van der Waals surface area contributed by atoms with E-state index in [0.717, 1.165) is 0 Å². The second-order valence-corrected chi connectivity index (χ2v) is 5.75. The van der Waals surface area contributed by atoms with Gasteiger partial charge in [0.15, 0.2) is 0 Å². The number of aliphatic hydroxyl groups is 1. The number of aliphatic hydroxyl groups excluding tert-OH is 1. The third-order valence-corrected chi connectivity index (χ3v) is 3.25. The van der Waals surface area contributed by atoms with Gasteiger partial charge >= 0.3 is 11.9 Å². The first-order valence-corrected chi connectivity index (χ1v) is 7.24. The van der Waals surface area contributed by atoms with E-state index in [1.165, 1.54) is 24.3 Å². The molecule has 2 atom stereocenters. The molecular weight excluding hydrogens is 302 g/mol. The van der Waals surface area contributed by atoms with Gasteiger partial charge in [0.2, 0.25) is 5.91 Å². The molecule has 0 aliphatic rings. The second-order valence-electron chi connectivity index (χ2n) is 5.75. The number of benzene rings is 1. The highest BCUT2D eigenvalue weighted by Crippen LogP contribution is 2.09. The van der Waals surface area contributed by atoms with Gasteiger partial charge in [-0.3, -0.25) is 4.79 Å². The fourth-order valence-electron chi connectivity index (χ4n) is 2.04. The molecule has 0 heterocycles. The highest BCUT2D eigenvalue weighted by atomic mass is 16.4. The van der Waals surface area contributed by atoms with E-state index < -0.39 is 30.0 Å². The number of carboxylic acid groups (broad SMARTS) is 2. The largest absolute Gasteiger partial charge is 0.480 e. The van der Waals surface area contributed by atoms with Crippen LogP contribution in [0.15, 0.2) is 24.3 Å². The third-order valence-electron chi connectivity index (χ3n) is 3.25. The van der Waals surface area contributed by atoms with Gasteiger partial charge in [-0.25, -0.2) is 9.59 Å². The molecule has 1 aromatic carbocycles. The van der Waals surface area contributed by atoms with Gasteiger partial charge in [-0.05, 0) is 30.0 Å². The average Bonchev–Trinajstić information content (AvgIpc) is 2.46. The van der Waals surface area contributed by atoms with E-state index in [1.54, 1.807) is 0 Å². The quantitative estimate of drug-likeness (QED) is 0.563. The summed E-state index contributed by atoms with van der Waals surface area (Å²) in [6.07, 6.45) is -1.02. The zero-order valence-electron chi connectivity index (χ0n) is 13.0. The van der Waals surface area contributed by atoms with E-state index in [-0.39, 0.29) is 24.3 Å². The Morgan fingerprint density at radius 2 is 1.65 bits per heavy atom. The van der Waals surface area contributed by atoms with Crippen LogP contribution in [-0.4, -0.2) is 45.3 Å². The van der Waals surface area contributed by atoms with Gasteiger partial charge in [-0.1, -0.05) is 26.0 Å². The van der Waals surface area contributed by atoms with Crippen LogP contribution in [0.1, 0.15) is 36.2 Å². The Morgan fingerprint density at radius 3 is 2.09 bits per heavy atom. The fourth-order valence-corrected chi connectivity index (χ4v) is 2.04. The van der Waals surface area contributed by atoms with Gasteiger partial charge in [0, 0.05) is 6.42 Å². The van der Waals surface area contributed by atoms with Crippen molar-refractivity contribution in [1.82, 2.24) is 5.32 Å². The molecule has 0 aliphatic heterocycles. The van der Waals surface area contributed by atoms with Crippen molar-refractivity contribution in [3.8, 4) is 0 Å². The van der Waals surface area contributed by atoms with Gasteiger partial charge in [0.25, 0.3) is 0 Å². The second kappa shape index (κ2) is 8.28. The van der Waals surface area contributed by atoms with Crippen molar-refractivity contribution in [2.24, 2.45) is 5.92 Å². The van der Waals surface area contributed by atoms with Crippen molar-refractivity contribution < 1.29 is 29.7 Å². The first kappa shape index (κ1) is 18.6. The van der Waals surface area contributed by atoms with Crippen LogP contribution < -0.4 is 5.32 Å². The van der Waals surface area contributed by atoms with Crippen LogP contribution in [0.25, 0.3) is 0 Å². The van der Waals surface area contributed by atoms with Crippen molar-refractivity contribution in [2.75, 3.05) is 0 Å². The number of aromatic carboxylic acids is 1. The molecule has 126 valence electrons. The molecule has 23 heavy (non-hydrogen) atoms. The summed E-state index contributed by atoms with van der Waals surface area (Å²) in [5, 5.41) is 30.0. The highest BCUT2D eigenvalue weighted by Gasteiger charge is 2.24. The predicted molar refractivity (Wildman–Crippen MR) is 82.1 cm³/mol. The molecule has 0 fully saturated rings. The van der Waals surface area contributed by atoms with Crippen molar-refractivity contribution >= 4 is 17.8 Å². The van der Waals surface area contributed by atoms with Gasteiger partial charge < -0.3 is 20.6 Å². The normalized spacial score (nSPS) is 13.4. The molecule has 4 N–H and O–H groups in total. The van der Waals surface area contributed by atoms with Crippen LogP contribution in [0.2, 0.25) is 0 Å². The molecule has 1 amide bonds. The fraction of sp³-hybridized carbons (Fsp3) is 0.438. The average molecular weight is 323 g/mol. The molecule has 7 heteroatoms. The van der Waals surface area contributed by atoms with Gasteiger partial charge in [-0.2, -0.15) is 0 Å². The number of hydrogen-bond donors (Lipinski definition) is 4. The number of nitrogens with one attached hydrogen (secondary N) is 1. The molecule has 0 aliphatic carbocycles. The Labute approximate surface area is 133 Å². The van der Waals surface area contributed by atoms with Crippen LogP contribution in [0.4, 0.5) is 0 Å². The molecular formula is C16H21NO6. The zero-order chi connectivity index (χ0) is 17.6. The molecule has 7 nitrogen and oxygen atoms in total. The molecule has 0 spiro atoms. The molecule has 0 bridgehead atoms.